The van der Waals surface area contributed by atoms with Gasteiger partial charge in [0, 0.05) is 25.9 Å². The highest BCUT2D eigenvalue weighted by Gasteiger charge is 2.34. The molecule has 5 rings (SSSR count). The number of nitrogens with zero attached hydrogens (tertiary/aromatic N) is 3. The number of oxime groups is 1. The molecule has 0 bridgehead atoms. The number of carbonyl (C=O) groups is 3. The van der Waals surface area contributed by atoms with Gasteiger partial charge in [0.15, 0.2) is 6.61 Å². The van der Waals surface area contributed by atoms with E-state index >= 15 is 0 Å². The van der Waals surface area contributed by atoms with Gasteiger partial charge in [-0.25, -0.2) is 9.97 Å². The first-order chi connectivity index (χ1) is 17.8. The highest BCUT2D eigenvalue weighted by Crippen LogP contribution is 2.33. The number of rotatable bonds is 6. The lowest BCUT2D eigenvalue weighted by Crippen LogP contribution is -2.38. The summed E-state index contributed by atoms with van der Waals surface area (Å²) in [5.74, 6) is 0.899. The van der Waals surface area contributed by atoms with E-state index in [1.54, 1.807) is 32.0 Å². The van der Waals surface area contributed by atoms with Gasteiger partial charge >= 0.3 is 0 Å². The molecule has 0 saturated heterocycles. The molecule has 194 valence electrons. The standard InChI is InChI=1S/C26H30N6O5/c1-14-28-19(20-11-24(37-32-20)17-4-6-18(7-5-17)30-15(2)33)10-22(29-14)26(35)27-12-16-3-8-23-21(9-16)31-25(34)13-36-23/h3,8-10,17-18,24H,4-7,11-13H2,1-2H3,(H,27,35)(H,30,33)(H,31,34)/t17?,18?,24-/m0/s1. The maximum atomic E-state index is 12.9. The average molecular weight is 507 g/mol. The Labute approximate surface area is 214 Å². The number of hydrogen-bond donors (Lipinski definition) is 3. The van der Waals surface area contributed by atoms with Gasteiger partial charge < -0.3 is 25.5 Å². The molecule has 0 radical (unpaired) electrons. The van der Waals surface area contributed by atoms with Crippen LogP contribution in [0.1, 0.15) is 66.6 Å². The molecule has 1 saturated carbocycles. The lowest BCUT2D eigenvalue weighted by molar-refractivity contribution is -0.120. The number of benzene rings is 1. The summed E-state index contributed by atoms with van der Waals surface area (Å²) in [6, 6.07) is 7.25. The van der Waals surface area contributed by atoms with Crippen LogP contribution in [0.5, 0.6) is 5.75 Å². The number of aromatic nitrogens is 2. The fourth-order valence-corrected chi connectivity index (χ4v) is 5.07. The van der Waals surface area contributed by atoms with Gasteiger partial charge in [-0.1, -0.05) is 11.2 Å². The summed E-state index contributed by atoms with van der Waals surface area (Å²) < 4.78 is 5.37. The molecule has 1 aromatic heterocycles. The van der Waals surface area contributed by atoms with E-state index < -0.39 is 0 Å². The van der Waals surface area contributed by atoms with Crippen LogP contribution in [-0.2, 0) is 21.0 Å². The fourth-order valence-electron chi connectivity index (χ4n) is 5.07. The Morgan fingerprint density at radius 3 is 2.73 bits per heavy atom. The largest absolute Gasteiger partial charge is 0.482 e. The van der Waals surface area contributed by atoms with Gasteiger partial charge in [-0.05, 0) is 62.3 Å². The van der Waals surface area contributed by atoms with Crippen LogP contribution in [-0.4, -0.2) is 52.2 Å². The van der Waals surface area contributed by atoms with Gasteiger partial charge in [-0.3, -0.25) is 14.4 Å². The summed E-state index contributed by atoms with van der Waals surface area (Å²) in [6.45, 7) is 3.54. The van der Waals surface area contributed by atoms with E-state index in [4.69, 9.17) is 9.57 Å². The highest BCUT2D eigenvalue weighted by molar-refractivity contribution is 6.02. The first kappa shape index (κ1) is 24.7. The van der Waals surface area contributed by atoms with Gasteiger partial charge in [-0.2, -0.15) is 0 Å². The molecule has 2 aromatic rings. The summed E-state index contributed by atoms with van der Waals surface area (Å²) in [4.78, 5) is 50.4. The van der Waals surface area contributed by atoms with Crippen molar-refractivity contribution in [3.05, 3.63) is 47.0 Å². The van der Waals surface area contributed by atoms with Gasteiger partial charge in [-0.15, -0.1) is 0 Å². The molecular formula is C26H30N6O5. The summed E-state index contributed by atoms with van der Waals surface area (Å²) in [5.41, 5.74) is 2.94. The third-order valence-electron chi connectivity index (χ3n) is 6.89. The Hall–Kier alpha value is -4.02. The average Bonchev–Trinajstić information content (AvgIpc) is 3.37. The predicted molar refractivity (Wildman–Crippen MR) is 134 cm³/mol. The molecule has 1 fully saturated rings. The number of carbonyl (C=O) groups excluding carboxylic acids is 3. The second kappa shape index (κ2) is 10.5. The zero-order chi connectivity index (χ0) is 25.9. The van der Waals surface area contributed by atoms with Gasteiger partial charge in [0.2, 0.25) is 5.91 Å². The minimum Gasteiger partial charge on any atom is -0.482 e. The molecule has 3 heterocycles. The lowest BCUT2D eigenvalue weighted by Gasteiger charge is -2.31. The molecule has 1 aromatic carbocycles. The van der Waals surface area contributed by atoms with Crippen molar-refractivity contribution in [2.45, 2.75) is 64.6 Å². The second-order valence-corrected chi connectivity index (χ2v) is 9.73. The Balaban J connectivity index is 1.19. The first-order valence-electron chi connectivity index (χ1n) is 12.5. The van der Waals surface area contributed by atoms with Crippen molar-refractivity contribution in [1.82, 2.24) is 20.6 Å². The quantitative estimate of drug-likeness (QED) is 0.545. The van der Waals surface area contributed by atoms with E-state index in [1.807, 2.05) is 6.07 Å². The third-order valence-corrected chi connectivity index (χ3v) is 6.89. The van der Waals surface area contributed by atoms with E-state index in [0.29, 0.717) is 41.0 Å². The maximum absolute atomic E-state index is 12.9. The molecule has 3 aliphatic rings. The summed E-state index contributed by atoms with van der Waals surface area (Å²) in [7, 11) is 0. The normalized spacial score (nSPS) is 22.6. The smallest absolute Gasteiger partial charge is 0.270 e. The third kappa shape index (κ3) is 5.87. The van der Waals surface area contributed by atoms with Crippen molar-refractivity contribution >= 4 is 29.1 Å². The van der Waals surface area contributed by atoms with Crippen LogP contribution in [0.3, 0.4) is 0 Å². The minimum absolute atomic E-state index is 0.00468. The number of hydrogen-bond acceptors (Lipinski definition) is 8. The van der Waals surface area contributed by atoms with Crippen LogP contribution < -0.4 is 20.7 Å². The van der Waals surface area contributed by atoms with Gasteiger partial charge in [0.25, 0.3) is 11.8 Å². The summed E-state index contributed by atoms with van der Waals surface area (Å²) in [6.07, 6.45) is 4.38. The number of nitrogens with one attached hydrogen (secondary N) is 3. The molecule has 3 amide bonds. The van der Waals surface area contributed by atoms with Crippen LogP contribution in [0.2, 0.25) is 0 Å². The second-order valence-electron chi connectivity index (χ2n) is 9.73. The summed E-state index contributed by atoms with van der Waals surface area (Å²) >= 11 is 0. The molecule has 37 heavy (non-hydrogen) atoms. The van der Waals surface area contributed by atoms with Gasteiger partial charge in [0.05, 0.1) is 11.4 Å². The molecule has 0 spiro atoms. The van der Waals surface area contributed by atoms with Crippen molar-refractivity contribution in [1.29, 1.82) is 0 Å². The van der Waals surface area contributed by atoms with Crippen LogP contribution in [0, 0.1) is 12.8 Å². The van der Waals surface area contributed by atoms with Crippen molar-refractivity contribution in [2.24, 2.45) is 11.1 Å². The lowest BCUT2D eigenvalue weighted by atomic mass is 9.81. The van der Waals surface area contributed by atoms with E-state index in [9.17, 15) is 14.4 Å². The molecule has 1 atom stereocenters. The number of fused-ring (bicyclic) bond motifs is 1. The number of aryl methyl sites for hydroxylation is 1. The van der Waals surface area contributed by atoms with E-state index in [0.717, 1.165) is 31.2 Å². The van der Waals surface area contributed by atoms with E-state index in [-0.39, 0.29) is 48.7 Å². The Morgan fingerprint density at radius 1 is 1.14 bits per heavy atom. The zero-order valence-corrected chi connectivity index (χ0v) is 20.9. The molecular weight excluding hydrogens is 476 g/mol. The van der Waals surface area contributed by atoms with Gasteiger partial charge in [0.1, 0.15) is 29.1 Å². The number of amides is 3. The molecule has 2 aliphatic heterocycles. The SMILES string of the molecule is CC(=O)NC1CCC([C@@H]2CC(c3cc(C(=O)NCc4ccc5c(c4)NC(=O)CO5)nc(C)n3)=NO2)CC1. The monoisotopic (exact) mass is 506 g/mol. The van der Waals surface area contributed by atoms with Crippen LogP contribution in [0.15, 0.2) is 29.4 Å². The topological polar surface area (TPSA) is 144 Å². The molecule has 11 heteroatoms. The Bertz CT molecular complexity index is 1250. The van der Waals surface area contributed by atoms with Crippen molar-refractivity contribution in [3.63, 3.8) is 0 Å². The molecule has 3 N–H and O–H groups in total. The maximum Gasteiger partial charge on any atom is 0.270 e. The predicted octanol–water partition coefficient (Wildman–Crippen LogP) is 2.23. The van der Waals surface area contributed by atoms with Crippen LogP contribution in [0.4, 0.5) is 5.69 Å². The molecule has 1 aliphatic carbocycles. The van der Waals surface area contributed by atoms with Crippen molar-refractivity contribution < 1.29 is 24.0 Å². The Morgan fingerprint density at radius 2 is 1.95 bits per heavy atom. The van der Waals surface area contributed by atoms with Crippen LogP contribution >= 0.6 is 0 Å². The first-order valence-corrected chi connectivity index (χ1v) is 12.5. The highest BCUT2D eigenvalue weighted by atomic mass is 16.6. The van der Waals surface area contributed by atoms with Crippen LogP contribution in [0.25, 0.3) is 0 Å². The zero-order valence-electron chi connectivity index (χ0n) is 20.9. The summed E-state index contributed by atoms with van der Waals surface area (Å²) in [5, 5.41) is 12.9. The van der Waals surface area contributed by atoms with Crippen molar-refractivity contribution in [3.8, 4) is 5.75 Å². The minimum atomic E-state index is -0.336. The van der Waals surface area contributed by atoms with Crippen molar-refractivity contribution in [2.75, 3.05) is 11.9 Å². The number of ether oxygens (including phenoxy) is 1. The molecule has 0 unspecified atom stereocenters. The van der Waals surface area contributed by atoms with E-state index in [2.05, 4.69) is 31.1 Å². The Kier molecular flexibility index (Phi) is 7.02. The van der Waals surface area contributed by atoms with E-state index in [1.165, 1.54) is 0 Å². The fraction of sp³-hybridized carbons (Fsp3) is 0.462. The number of anilines is 1. The molecule has 11 nitrogen and oxygen atoms in total.